The van der Waals surface area contributed by atoms with E-state index in [-0.39, 0.29) is 11.2 Å². The van der Waals surface area contributed by atoms with E-state index in [4.69, 9.17) is 0 Å². The molecule has 5 heteroatoms. The first kappa shape index (κ1) is 17.6. The topological polar surface area (TPSA) is 0 Å². The van der Waals surface area contributed by atoms with Gasteiger partial charge < -0.3 is 0 Å². The molecule has 0 saturated heterocycles. The van der Waals surface area contributed by atoms with Crippen molar-refractivity contribution in [3.63, 3.8) is 0 Å². The monoisotopic (exact) mass is 540 g/mol. The van der Waals surface area contributed by atoms with Crippen molar-refractivity contribution in [2.24, 2.45) is 0 Å². The van der Waals surface area contributed by atoms with Crippen molar-refractivity contribution in [2.75, 3.05) is 10.7 Å². The summed E-state index contributed by atoms with van der Waals surface area (Å²) in [6, 6.07) is 13.2. The lowest BCUT2D eigenvalue weighted by Crippen LogP contribution is -2.33. The first-order chi connectivity index (χ1) is 10.0. The molecule has 0 N–H and O–H groups in total. The van der Waals surface area contributed by atoms with E-state index in [1.807, 2.05) is 18.2 Å². The smallest absolute Gasteiger partial charge is 0.124 e. The van der Waals surface area contributed by atoms with Crippen LogP contribution in [-0.4, -0.2) is 10.7 Å². The lowest BCUT2D eigenvalue weighted by molar-refractivity contribution is 0.548. The largest absolute Gasteiger partial charge is 0.207 e. The molecule has 2 rings (SSSR count). The van der Waals surface area contributed by atoms with Gasteiger partial charge in [0, 0.05) is 25.0 Å². The number of hydrogen-bond acceptors (Lipinski definition) is 0. The van der Waals surface area contributed by atoms with Crippen molar-refractivity contribution in [3.8, 4) is 0 Å². The molecule has 0 saturated carbocycles. The van der Waals surface area contributed by atoms with E-state index >= 15 is 0 Å². The molecule has 2 aromatic rings. The van der Waals surface area contributed by atoms with Crippen LogP contribution in [0.2, 0.25) is 0 Å². The average Bonchev–Trinajstić information content (AvgIpc) is 2.47. The highest BCUT2D eigenvalue weighted by molar-refractivity contribution is 9.11. The Bertz CT molecular complexity index is 623. The van der Waals surface area contributed by atoms with Crippen LogP contribution in [-0.2, 0) is 11.8 Å². The maximum absolute atomic E-state index is 13.3. The van der Waals surface area contributed by atoms with E-state index < -0.39 is 0 Å². The summed E-state index contributed by atoms with van der Waals surface area (Å²) in [5, 5.41) is 1.62. The summed E-state index contributed by atoms with van der Waals surface area (Å²) in [6.45, 7) is 0. The fourth-order valence-electron chi connectivity index (χ4n) is 2.23. The molecule has 2 aromatic carbocycles. The molecule has 0 spiro atoms. The summed E-state index contributed by atoms with van der Waals surface area (Å²) >= 11 is 14.3. The van der Waals surface area contributed by atoms with E-state index in [1.54, 1.807) is 0 Å². The molecular weight excluding hydrogens is 531 g/mol. The van der Waals surface area contributed by atoms with Crippen LogP contribution >= 0.6 is 63.7 Å². The summed E-state index contributed by atoms with van der Waals surface area (Å²) in [4.78, 5) is 0. The molecule has 0 amide bonds. The summed E-state index contributed by atoms with van der Waals surface area (Å²) in [7, 11) is 0. The minimum atomic E-state index is -0.226. The van der Waals surface area contributed by atoms with Crippen molar-refractivity contribution >= 4 is 63.7 Å². The van der Waals surface area contributed by atoms with Gasteiger partial charge >= 0.3 is 0 Å². The first-order valence-electron chi connectivity index (χ1n) is 6.33. The zero-order chi connectivity index (χ0) is 15.5. The molecule has 0 bridgehead atoms. The van der Waals surface area contributed by atoms with Gasteiger partial charge in [0.15, 0.2) is 0 Å². The molecule has 0 heterocycles. The number of benzene rings is 2. The van der Waals surface area contributed by atoms with E-state index in [1.165, 1.54) is 17.7 Å². The highest BCUT2D eigenvalue weighted by Crippen LogP contribution is 2.36. The Balaban J connectivity index is 2.43. The highest BCUT2D eigenvalue weighted by Gasteiger charge is 2.31. The van der Waals surface area contributed by atoms with Crippen molar-refractivity contribution in [1.82, 2.24) is 0 Å². The van der Waals surface area contributed by atoms with Crippen LogP contribution in [0.4, 0.5) is 4.39 Å². The highest BCUT2D eigenvalue weighted by atomic mass is 79.9. The predicted octanol–water partition coefficient (Wildman–Crippen LogP) is 6.62. The van der Waals surface area contributed by atoms with Crippen LogP contribution in [0.25, 0.3) is 0 Å². The zero-order valence-corrected chi connectivity index (χ0v) is 17.4. The van der Waals surface area contributed by atoms with Gasteiger partial charge in [0.25, 0.3) is 0 Å². The zero-order valence-electron chi connectivity index (χ0n) is 11.1. The van der Waals surface area contributed by atoms with Gasteiger partial charge in [-0.3, -0.25) is 0 Å². The number of halogens is 5. The second kappa shape index (κ2) is 7.71. The molecule has 0 fully saturated rings. The molecule has 112 valence electrons. The van der Waals surface area contributed by atoms with Gasteiger partial charge in [-0.2, -0.15) is 0 Å². The van der Waals surface area contributed by atoms with Crippen molar-refractivity contribution in [1.29, 1.82) is 0 Å². The van der Waals surface area contributed by atoms with Gasteiger partial charge in [-0.05, 0) is 41.8 Å². The van der Waals surface area contributed by atoms with Gasteiger partial charge in [0.1, 0.15) is 5.82 Å². The lowest BCUT2D eigenvalue weighted by Gasteiger charge is -2.31. The van der Waals surface area contributed by atoms with Gasteiger partial charge in [0.05, 0.1) is 0 Å². The first-order valence-corrected chi connectivity index (χ1v) is 10.2. The molecule has 0 atom stereocenters. The van der Waals surface area contributed by atoms with Gasteiger partial charge in [-0.25, -0.2) is 4.39 Å². The number of alkyl halides is 2. The van der Waals surface area contributed by atoms with Crippen LogP contribution in [0.15, 0.2) is 51.4 Å². The number of hydrogen-bond donors (Lipinski definition) is 0. The summed E-state index contributed by atoms with van der Waals surface area (Å²) in [5.41, 5.74) is 2.24. The normalized spacial score (nSPS) is 11.7. The van der Waals surface area contributed by atoms with E-state index in [0.717, 1.165) is 31.6 Å². The third-order valence-electron chi connectivity index (χ3n) is 3.49. The van der Waals surface area contributed by atoms with Crippen molar-refractivity contribution in [2.45, 2.75) is 11.8 Å². The van der Waals surface area contributed by atoms with Crippen LogP contribution in [0, 0.1) is 5.82 Å². The molecule has 0 aromatic heterocycles. The summed E-state index contributed by atoms with van der Waals surface area (Å²) in [5.74, 6) is -0.226. The summed E-state index contributed by atoms with van der Waals surface area (Å²) < 4.78 is 15.1. The van der Waals surface area contributed by atoms with Crippen LogP contribution in [0.1, 0.15) is 11.1 Å². The van der Waals surface area contributed by atoms with Crippen molar-refractivity contribution in [3.05, 3.63) is 68.4 Å². The standard InChI is InChI=1S/C16H13Br4F/c17-9-16(10-18,12-2-1-3-13(19)6-12)8-11-4-5-14(21)7-15(11)20/h1-7H,8-10H2. The molecule has 0 radical (unpaired) electrons. The van der Waals surface area contributed by atoms with Crippen LogP contribution in [0.3, 0.4) is 0 Å². The molecular formula is C16H13Br4F. The third kappa shape index (κ3) is 4.18. The number of rotatable bonds is 5. The van der Waals surface area contributed by atoms with Gasteiger partial charge in [-0.15, -0.1) is 0 Å². The van der Waals surface area contributed by atoms with Crippen LogP contribution in [0.5, 0.6) is 0 Å². The van der Waals surface area contributed by atoms with E-state index in [9.17, 15) is 4.39 Å². The van der Waals surface area contributed by atoms with Gasteiger partial charge in [-0.1, -0.05) is 81.9 Å². The minimum absolute atomic E-state index is 0.0931. The Morgan fingerprint density at radius 1 is 0.952 bits per heavy atom. The third-order valence-corrected chi connectivity index (χ3v) is 6.87. The fourth-order valence-corrected chi connectivity index (χ4v) is 5.10. The average molecular weight is 544 g/mol. The molecule has 21 heavy (non-hydrogen) atoms. The predicted molar refractivity (Wildman–Crippen MR) is 101 cm³/mol. The Labute approximate surface area is 158 Å². The Kier molecular flexibility index (Phi) is 6.48. The van der Waals surface area contributed by atoms with E-state index in [2.05, 4.69) is 75.9 Å². The Morgan fingerprint density at radius 2 is 1.67 bits per heavy atom. The van der Waals surface area contributed by atoms with Gasteiger partial charge in [0.2, 0.25) is 0 Å². The second-order valence-corrected chi connectivity index (χ2v) is 7.86. The maximum atomic E-state index is 13.3. The van der Waals surface area contributed by atoms with E-state index in [0.29, 0.717) is 0 Å². The molecule has 0 aliphatic heterocycles. The lowest BCUT2D eigenvalue weighted by atomic mass is 9.79. The molecule has 0 unspecified atom stereocenters. The maximum Gasteiger partial charge on any atom is 0.124 e. The van der Waals surface area contributed by atoms with Crippen LogP contribution < -0.4 is 0 Å². The molecule has 0 aliphatic carbocycles. The molecule has 0 nitrogen and oxygen atoms in total. The summed E-state index contributed by atoms with van der Waals surface area (Å²) in [6.07, 6.45) is 0.806. The minimum Gasteiger partial charge on any atom is -0.207 e. The SMILES string of the molecule is Fc1ccc(CC(CBr)(CBr)c2cccc(Br)c2)c(Br)c1. The Hall–Kier alpha value is 0.290. The Morgan fingerprint density at radius 3 is 2.24 bits per heavy atom. The second-order valence-electron chi connectivity index (χ2n) is 4.97. The quantitative estimate of drug-likeness (QED) is 0.372. The van der Waals surface area contributed by atoms with Crippen molar-refractivity contribution < 1.29 is 4.39 Å². The molecule has 0 aliphatic rings. The fraction of sp³-hybridized carbons (Fsp3) is 0.250.